The number of benzene rings is 2. The number of rotatable bonds is 6. The van der Waals surface area contributed by atoms with E-state index in [2.05, 4.69) is 12.2 Å². The molecule has 0 fully saturated rings. The Morgan fingerprint density at radius 3 is 2.61 bits per heavy atom. The highest BCUT2D eigenvalue weighted by molar-refractivity contribution is 5.99. The van der Waals surface area contributed by atoms with Crippen LogP contribution < -0.4 is 5.32 Å². The third kappa shape index (κ3) is 4.18. The van der Waals surface area contributed by atoms with Crippen molar-refractivity contribution in [3.05, 3.63) is 82.7 Å². The predicted molar refractivity (Wildman–Crippen MR) is 122 cm³/mol. The molecule has 0 spiro atoms. The highest BCUT2D eigenvalue weighted by Crippen LogP contribution is 2.37. The lowest BCUT2D eigenvalue weighted by molar-refractivity contribution is -0.121. The molecule has 0 bridgehead atoms. The van der Waals surface area contributed by atoms with E-state index in [1.54, 1.807) is 6.07 Å². The molecule has 5 nitrogen and oxygen atoms in total. The Labute approximate surface area is 183 Å². The Morgan fingerprint density at radius 2 is 1.90 bits per heavy atom. The zero-order valence-corrected chi connectivity index (χ0v) is 18.4. The number of para-hydroxylation sites is 1. The van der Waals surface area contributed by atoms with Gasteiger partial charge in [0.05, 0.1) is 29.5 Å². The standard InChI is InChI=1S/C26H29N3O2/c1-4-5-14-21-24-18(3)28-29(20-12-7-6-8-13-20)22(24)16-23(30)25(21)27-26(31)19-11-9-10-17(2)15-19/h6-13,15,21,25H,4-5,14,16H2,1-3H3,(H,27,31)/t21-,25-/m0/s1. The van der Waals surface area contributed by atoms with Crippen LogP contribution in [0.25, 0.3) is 5.69 Å². The molecule has 4 rings (SSSR count). The van der Waals surface area contributed by atoms with Crippen molar-refractivity contribution in [2.75, 3.05) is 0 Å². The minimum atomic E-state index is -0.529. The van der Waals surface area contributed by atoms with Crippen LogP contribution in [0.1, 0.15) is 65.0 Å². The molecule has 2 aromatic carbocycles. The quantitative estimate of drug-likeness (QED) is 0.635. The van der Waals surface area contributed by atoms with Crippen molar-refractivity contribution < 1.29 is 9.59 Å². The van der Waals surface area contributed by atoms with E-state index in [4.69, 9.17) is 5.10 Å². The Balaban J connectivity index is 1.71. The van der Waals surface area contributed by atoms with Gasteiger partial charge in [-0.05, 0) is 44.5 Å². The summed E-state index contributed by atoms with van der Waals surface area (Å²) in [5.74, 6) is -0.214. The van der Waals surface area contributed by atoms with Gasteiger partial charge in [0.15, 0.2) is 5.78 Å². The molecule has 2 atom stereocenters. The minimum absolute atomic E-state index is 0.0479. The van der Waals surface area contributed by atoms with Gasteiger partial charge in [-0.3, -0.25) is 9.59 Å². The predicted octanol–water partition coefficient (Wildman–Crippen LogP) is 4.69. The molecule has 1 aliphatic carbocycles. The third-order valence-corrected chi connectivity index (χ3v) is 6.10. The number of carbonyl (C=O) groups excluding carboxylic acids is 2. The molecule has 160 valence electrons. The number of unbranched alkanes of at least 4 members (excludes halogenated alkanes) is 1. The van der Waals surface area contributed by atoms with Gasteiger partial charge in [-0.25, -0.2) is 4.68 Å². The highest BCUT2D eigenvalue weighted by Gasteiger charge is 2.40. The molecule has 1 aliphatic rings. The van der Waals surface area contributed by atoms with E-state index in [-0.39, 0.29) is 24.0 Å². The second-order valence-corrected chi connectivity index (χ2v) is 8.41. The lowest BCUT2D eigenvalue weighted by Gasteiger charge is -2.32. The van der Waals surface area contributed by atoms with Crippen molar-refractivity contribution in [3.63, 3.8) is 0 Å². The van der Waals surface area contributed by atoms with Gasteiger partial charge in [0.2, 0.25) is 0 Å². The zero-order chi connectivity index (χ0) is 22.0. The molecule has 0 aliphatic heterocycles. The summed E-state index contributed by atoms with van der Waals surface area (Å²) in [4.78, 5) is 26.3. The zero-order valence-electron chi connectivity index (χ0n) is 18.4. The maximum absolute atomic E-state index is 13.3. The Bertz CT molecular complexity index is 1100. The topological polar surface area (TPSA) is 64.0 Å². The minimum Gasteiger partial charge on any atom is -0.342 e. The first-order valence-corrected chi connectivity index (χ1v) is 11.0. The number of nitrogens with zero attached hydrogens (tertiary/aromatic N) is 2. The fraction of sp³-hybridized carbons (Fsp3) is 0.346. The van der Waals surface area contributed by atoms with Crippen molar-refractivity contribution in [3.8, 4) is 5.69 Å². The molecule has 5 heteroatoms. The van der Waals surface area contributed by atoms with Crippen LogP contribution in [0.15, 0.2) is 54.6 Å². The lowest BCUT2D eigenvalue weighted by atomic mass is 9.77. The number of amides is 1. The first kappa shape index (κ1) is 21.0. The van der Waals surface area contributed by atoms with Crippen LogP contribution in [0.3, 0.4) is 0 Å². The fourth-order valence-electron chi connectivity index (χ4n) is 4.62. The van der Waals surface area contributed by atoms with Gasteiger partial charge in [-0.15, -0.1) is 0 Å². The summed E-state index contributed by atoms with van der Waals surface area (Å²) < 4.78 is 1.90. The summed E-state index contributed by atoms with van der Waals surface area (Å²) in [7, 11) is 0. The second kappa shape index (κ2) is 8.88. The number of hydrogen-bond acceptors (Lipinski definition) is 3. The molecule has 0 saturated carbocycles. The fourth-order valence-corrected chi connectivity index (χ4v) is 4.62. The van der Waals surface area contributed by atoms with Crippen LogP contribution in [0.4, 0.5) is 0 Å². The molecule has 31 heavy (non-hydrogen) atoms. The number of Topliss-reactive ketones (excluding diaryl/α,β-unsaturated/α-hetero) is 1. The largest absolute Gasteiger partial charge is 0.342 e. The highest BCUT2D eigenvalue weighted by atomic mass is 16.2. The van der Waals surface area contributed by atoms with Gasteiger partial charge in [0.25, 0.3) is 5.91 Å². The van der Waals surface area contributed by atoms with Crippen LogP contribution >= 0.6 is 0 Å². The van der Waals surface area contributed by atoms with Crippen LogP contribution in [0.2, 0.25) is 0 Å². The maximum Gasteiger partial charge on any atom is 0.251 e. The monoisotopic (exact) mass is 415 g/mol. The Morgan fingerprint density at radius 1 is 1.13 bits per heavy atom. The lowest BCUT2D eigenvalue weighted by Crippen LogP contribution is -2.48. The summed E-state index contributed by atoms with van der Waals surface area (Å²) in [5.41, 5.74) is 5.57. The molecule has 0 radical (unpaired) electrons. The van der Waals surface area contributed by atoms with Gasteiger partial charge in [-0.1, -0.05) is 55.7 Å². The summed E-state index contributed by atoms with van der Waals surface area (Å²) in [6.45, 7) is 6.11. The van der Waals surface area contributed by atoms with E-state index in [1.165, 1.54) is 0 Å². The van der Waals surface area contributed by atoms with Crippen LogP contribution in [-0.2, 0) is 11.2 Å². The number of fused-ring (bicyclic) bond motifs is 1. The van der Waals surface area contributed by atoms with Gasteiger partial charge < -0.3 is 5.32 Å². The summed E-state index contributed by atoms with van der Waals surface area (Å²) in [5, 5.41) is 7.85. The van der Waals surface area contributed by atoms with E-state index >= 15 is 0 Å². The molecule has 1 amide bonds. The molecular formula is C26H29N3O2. The average Bonchev–Trinajstić information content (AvgIpc) is 3.10. The molecule has 3 aromatic rings. The molecule has 0 saturated heterocycles. The summed E-state index contributed by atoms with van der Waals surface area (Å²) in [6.07, 6.45) is 3.14. The number of carbonyl (C=O) groups is 2. The van der Waals surface area contributed by atoms with Crippen molar-refractivity contribution in [2.24, 2.45) is 0 Å². The molecule has 1 heterocycles. The average molecular weight is 416 g/mol. The molecule has 1 aromatic heterocycles. The normalized spacial score (nSPS) is 18.0. The number of hydrogen-bond donors (Lipinski definition) is 1. The van der Waals surface area contributed by atoms with Crippen LogP contribution in [-0.4, -0.2) is 27.5 Å². The number of ketones is 1. The number of aromatic nitrogens is 2. The van der Waals surface area contributed by atoms with Crippen molar-refractivity contribution in [2.45, 2.75) is 58.4 Å². The van der Waals surface area contributed by atoms with Gasteiger partial charge >= 0.3 is 0 Å². The van der Waals surface area contributed by atoms with Crippen LogP contribution in [0.5, 0.6) is 0 Å². The first-order valence-electron chi connectivity index (χ1n) is 11.0. The first-order chi connectivity index (χ1) is 15.0. The summed E-state index contributed by atoms with van der Waals surface area (Å²) >= 11 is 0. The van der Waals surface area contributed by atoms with Crippen LogP contribution in [0, 0.1) is 13.8 Å². The van der Waals surface area contributed by atoms with E-state index in [9.17, 15) is 9.59 Å². The third-order valence-electron chi connectivity index (χ3n) is 6.10. The van der Waals surface area contributed by atoms with Crippen molar-refractivity contribution >= 4 is 11.7 Å². The van der Waals surface area contributed by atoms with E-state index in [1.807, 2.05) is 67.1 Å². The summed E-state index contributed by atoms with van der Waals surface area (Å²) in [6, 6.07) is 16.9. The van der Waals surface area contributed by atoms with E-state index in [0.29, 0.717) is 5.56 Å². The van der Waals surface area contributed by atoms with E-state index in [0.717, 1.165) is 47.5 Å². The van der Waals surface area contributed by atoms with Crippen molar-refractivity contribution in [1.82, 2.24) is 15.1 Å². The second-order valence-electron chi connectivity index (χ2n) is 8.41. The molecule has 1 N–H and O–H groups in total. The van der Waals surface area contributed by atoms with Gasteiger partial charge in [-0.2, -0.15) is 5.10 Å². The number of nitrogens with one attached hydrogen (secondary N) is 1. The smallest absolute Gasteiger partial charge is 0.251 e. The maximum atomic E-state index is 13.3. The van der Waals surface area contributed by atoms with Gasteiger partial charge in [0.1, 0.15) is 0 Å². The molecule has 0 unspecified atom stereocenters. The Hall–Kier alpha value is -3.21. The van der Waals surface area contributed by atoms with Gasteiger partial charge in [0, 0.05) is 17.0 Å². The van der Waals surface area contributed by atoms with E-state index < -0.39 is 6.04 Å². The number of aryl methyl sites for hydroxylation is 2. The molecular weight excluding hydrogens is 386 g/mol. The Kier molecular flexibility index (Phi) is 6.03. The SMILES string of the molecule is CCCC[C@H]1c2c(C)nn(-c3ccccc3)c2CC(=O)[C@H]1NC(=O)c1cccc(C)c1. The van der Waals surface area contributed by atoms with Crippen molar-refractivity contribution in [1.29, 1.82) is 0 Å².